The number of methoxy groups -OCH3 is 2. The van der Waals surface area contributed by atoms with Crippen LogP contribution < -0.4 is 5.32 Å². The van der Waals surface area contributed by atoms with Gasteiger partial charge in [0.05, 0.1) is 72.3 Å². The minimum atomic E-state index is -1.69. The predicted octanol–water partition coefficient (Wildman–Crippen LogP) is 3.27. The van der Waals surface area contributed by atoms with Crippen molar-refractivity contribution in [1.82, 2.24) is 5.32 Å². The van der Waals surface area contributed by atoms with Crippen LogP contribution in [0.2, 0.25) is 0 Å². The number of amides is 1. The molecule has 57 heavy (non-hydrogen) atoms. The summed E-state index contributed by atoms with van der Waals surface area (Å²) in [5.41, 5.74) is -3.67. The van der Waals surface area contributed by atoms with E-state index in [-0.39, 0.29) is 38.1 Å². The molecular weight excluding hydrogens is 744 g/mol. The summed E-state index contributed by atoms with van der Waals surface area (Å²) in [5.74, 6) is -2.31. The molecule has 2 rings (SSSR count). The fraction of sp³-hybridized carbons (Fsp3) is 0.951. The zero-order valence-electron chi connectivity index (χ0n) is 37.1. The molecule has 0 aromatic carbocycles. The normalized spacial score (nSPS) is 32.7. The van der Waals surface area contributed by atoms with Crippen LogP contribution in [0.5, 0.6) is 0 Å². The van der Waals surface area contributed by atoms with E-state index in [0.29, 0.717) is 31.6 Å². The molecule has 0 radical (unpaired) electrons. The molecule has 16 nitrogen and oxygen atoms in total. The van der Waals surface area contributed by atoms with Gasteiger partial charge in [-0.1, -0.05) is 53.1 Å². The van der Waals surface area contributed by atoms with Gasteiger partial charge in [0.25, 0.3) is 0 Å². The van der Waals surface area contributed by atoms with Crippen molar-refractivity contribution in [2.45, 2.75) is 193 Å². The number of aliphatic hydroxyl groups is 5. The number of carbonyl (C=O) groups excluding carboxylic acids is 1. The summed E-state index contributed by atoms with van der Waals surface area (Å²) < 4.78 is 41.9. The molecule has 0 aliphatic carbocycles. The minimum absolute atomic E-state index is 0.0188. The number of carbonyl (C=O) groups is 1. The Kier molecular flexibility index (Phi) is 20.7. The van der Waals surface area contributed by atoms with Gasteiger partial charge in [-0.3, -0.25) is 4.79 Å². The standard InChI is InChI=1S/C41H78N2O14/c1-15-16-39(10,48)35(46)26(6)32(43-53-22-52-18-17-50-13)24(4)20-40(11,49)37(57-38-33(45)30(42-29(9)44)19-25(5)54-38)27(7)34(23(2)3)56-31-21-41(12,51-14)36(47)28(8)55-31/h23-28,30-31,33-38,45-49H,15-22H2,1-14H3,(H,42,44)/t24?,25-,26?,27?,28+,30+,31+,33-,34?,35?,36+,37?,38+,39?,40?,41-/m1/s1. The van der Waals surface area contributed by atoms with E-state index in [9.17, 15) is 30.3 Å². The average Bonchev–Trinajstić information content (AvgIpc) is 3.11. The lowest BCUT2D eigenvalue weighted by Gasteiger charge is -2.48. The largest absolute Gasteiger partial charge is 0.389 e. The molecule has 16 heteroatoms. The van der Waals surface area contributed by atoms with Crippen LogP contribution in [0.25, 0.3) is 0 Å². The highest BCUT2D eigenvalue weighted by molar-refractivity contribution is 5.88. The Hall–Kier alpha value is -1.54. The molecule has 336 valence electrons. The summed E-state index contributed by atoms with van der Waals surface area (Å²) >= 11 is 0. The fourth-order valence-electron chi connectivity index (χ4n) is 8.54. The quantitative estimate of drug-likeness (QED) is 0.0357. The zero-order chi connectivity index (χ0) is 43.5. The Balaban J connectivity index is 2.60. The first kappa shape index (κ1) is 51.6. The van der Waals surface area contributed by atoms with Crippen molar-refractivity contribution < 1.29 is 68.3 Å². The monoisotopic (exact) mass is 823 g/mol. The molecule has 0 saturated carbocycles. The third kappa shape index (κ3) is 14.6. The Morgan fingerprint density at radius 3 is 2.23 bits per heavy atom. The number of nitrogens with zero attached hydrogens (tertiary/aromatic N) is 1. The maximum atomic E-state index is 12.7. The number of ether oxygens (including phenoxy) is 7. The van der Waals surface area contributed by atoms with E-state index in [1.54, 1.807) is 34.8 Å². The first-order chi connectivity index (χ1) is 26.5. The molecule has 2 aliphatic rings. The fourth-order valence-corrected chi connectivity index (χ4v) is 8.54. The van der Waals surface area contributed by atoms with Gasteiger partial charge in [-0.2, -0.15) is 0 Å². The van der Waals surface area contributed by atoms with Gasteiger partial charge in [0.1, 0.15) is 12.2 Å². The SMILES string of the molecule is CCCC(C)(O)C(O)C(C)C(=NOCOCCOC)C(C)CC(C)(O)C(O[C@@H]1O[C@H](C)C[C@H](NC(C)=O)[C@H]1O)C(C)C(O[C@H]1C[C@@](C)(OC)[C@@H](O)[C@H](C)O1)C(C)C. The van der Waals surface area contributed by atoms with E-state index in [1.165, 1.54) is 14.0 Å². The van der Waals surface area contributed by atoms with Crippen LogP contribution in [0, 0.1) is 23.7 Å². The summed E-state index contributed by atoms with van der Waals surface area (Å²) in [6, 6.07) is -0.663. The van der Waals surface area contributed by atoms with Crippen molar-refractivity contribution >= 4 is 11.6 Å². The van der Waals surface area contributed by atoms with Crippen molar-refractivity contribution in [3.05, 3.63) is 0 Å². The number of oxime groups is 1. The van der Waals surface area contributed by atoms with Crippen molar-refractivity contribution in [3.8, 4) is 0 Å². The molecule has 0 aromatic heterocycles. The van der Waals surface area contributed by atoms with Crippen LogP contribution >= 0.6 is 0 Å². The van der Waals surface area contributed by atoms with Gasteiger partial charge >= 0.3 is 0 Å². The van der Waals surface area contributed by atoms with E-state index in [0.717, 1.165) is 0 Å². The lowest BCUT2D eigenvalue weighted by Crippen LogP contribution is -2.60. The zero-order valence-corrected chi connectivity index (χ0v) is 37.1. The van der Waals surface area contributed by atoms with Crippen molar-refractivity contribution in [3.63, 3.8) is 0 Å². The second-order valence-electron chi connectivity index (χ2n) is 17.5. The molecule has 8 unspecified atom stereocenters. The predicted molar refractivity (Wildman–Crippen MR) is 213 cm³/mol. The molecule has 1 amide bonds. The third-order valence-corrected chi connectivity index (χ3v) is 11.7. The topological polar surface area (TPSA) is 216 Å². The smallest absolute Gasteiger partial charge is 0.217 e. The molecule has 0 bridgehead atoms. The van der Waals surface area contributed by atoms with E-state index < -0.39 is 95.9 Å². The van der Waals surface area contributed by atoms with Crippen LogP contribution in [0.4, 0.5) is 0 Å². The van der Waals surface area contributed by atoms with Gasteiger partial charge in [0.15, 0.2) is 12.6 Å². The van der Waals surface area contributed by atoms with Crippen LogP contribution in [-0.2, 0) is 42.8 Å². The maximum Gasteiger partial charge on any atom is 0.217 e. The van der Waals surface area contributed by atoms with Gasteiger partial charge in [0, 0.05) is 45.3 Å². The molecule has 2 heterocycles. The van der Waals surface area contributed by atoms with E-state index in [1.807, 2.05) is 48.5 Å². The van der Waals surface area contributed by atoms with Crippen LogP contribution in [0.1, 0.15) is 115 Å². The van der Waals surface area contributed by atoms with Gasteiger partial charge in [-0.15, -0.1) is 0 Å². The Morgan fingerprint density at radius 1 is 1.02 bits per heavy atom. The second kappa shape index (κ2) is 22.9. The highest BCUT2D eigenvalue weighted by Gasteiger charge is 2.50. The molecule has 0 aromatic rings. The van der Waals surface area contributed by atoms with Gasteiger partial charge in [-0.05, 0) is 59.8 Å². The van der Waals surface area contributed by atoms with Gasteiger partial charge < -0.3 is 68.8 Å². The maximum absolute atomic E-state index is 12.7. The Bertz CT molecular complexity index is 1220. The number of nitrogens with one attached hydrogen (secondary N) is 1. The average molecular weight is 823 g/mol. The summed E-state index contributed by atoms with van der Waals surface area (Å²) in [4.78, 5) is 17.7. The lowest BCUT2D eigenvalue weighted by molar-refractivity contribution is -0.315. The highest BCUT2D eigenvalue weighted by atomic mass is 16.7. The molecule has 2 saturated heterocycles. The van der Waals surface area contributed by atoms with Crippen LogP contribution in [0.15, 0.2) is 5.16 Å². The van der Waals surface area contributed by atoms with Gasteiger partial charge in [-0.25, -0.2) is 0 Å². The summed E-state index contributed by atoms with van der Waals surface area (Å²) in [6.45, 7) is 21.8. The number of hydrogen-bond acceptors (Lipinski definition) is 15. The first-order valence-corrected chi connectivity index (χ1v) is 20.7. The summed E-state index contributed by atoms with van der Waals surface area (Å²) in [6.07, 6.45) is -6.45. The minimum Gasteiger partial charge on any atom is -0.389 e. The molecule has 6 N–H and O–H groups in total. The molecular formula is C41H78N2O14. The number of hydrogen-bond donors (Lipinski definition) is 6. The van der Waals surface area contributed by atoms with Crippen molar-refractivity contribution in [2.24, 2.45) is 28.8 Å². The second-order valence-corrected chi connectivity index (χ2v) is 17.5. The first-order valence-electron chi connectivity index (χ1n) is 20.7. The molecule has 2 fully saturated rings. The Labute approximate surface area is 341 Å². The van der Waals surface area contributed by atoms with Crippen molar-refractivity contribution in [2.75, 3.05) is 34.2 Å². The molecule has 0 spiro atoms. The molecule has 2 aliphatic heterocycles. The van der Waals surface area contributed by atoms with E-state index in [4.69, 9.17) is 38.0 Å². The number of aliphatic hydroxyl groups excluding tert-OH is 3. The Morgan fingerprint density at radius 2 is 1.67 bits per heavy atom. The van der Waals surface area contributed by atoms with E-state index >= 15 is 0 Å². The van der Waals surface area contributed by atoms with Gasteiger partial charge in [0.2, 0.25) is 12.7 Å². The molecule has 16 atom stereocenters. The number of rotatable bonds is 24. The lowest BCUT2D eigenvalue weighted by atomic mass is 9.74. The van der Waals surface area contributed by atoms with Crippen LogP contribution in [0.3, 0.4) is 0 Å². The highest BCUT2D eigenvalue weighted by Crippen LogP contribution is 2.39. The summed E-state index contributed by atoms with van der Waals surface area (Å²) in [7, 11) is 3.09. The van der Waals surface area contributed by atoms with Crippen LogP contribution in [-0.4, -0.2) is 150 Å². The summed E-state index contributed by atoms with van der Waals surface area (Å²) in [5, 5.41) is 64.9. The van der Waals surface area contributed by atoms with E-state index in [2.05, 4.69) is 10.5 Å². The van der Waals surface area contributed by atoms with Crippen molar-refractivity contribution in [1.29, 1.82) is 0 Å². The third-order valence-electron chi connectivity index (χ3n) is 11.7.